The Morgan fingerprint density at radius 3 is 2.63 bits per heavy atom. The number of carbonyl (C=O) groups is 1. The average Bonchev–Trinajstić information content (AvgIpc) is 3.19. The van der Waals surface area contributed by atoms with Crippen LogP contribution in [-0.4, -0.2) is 45.0 Å². The number of carbonyl (C=O) groups excluding carboxylic acids is 1. The van der Waals surface area contributed by atoms with Crippen molar-refractivity contribution in [2.45, 2.75) is 29.5 Å². The molecule has 146 valence electrons. The predicted molar refractivity (Wildman–Crippen MR) is 101 cm³/mol. The molecule has 9 heteroatoms. The van der Waals surface area contributed by atoms with E-state index >= 15 is 0 Å². The third kappa shape index (κ3) is 5.27. The lowest BCUT2D eigenvalue weighted by Gasteiger charge is -2.32. The molecule has 1 aromatic heterocycles. The molecule has 3 rings (SSSR count). The van der Waals surface area contributed by atoms with E-state index in [2.05, 4.69) is 4.72 Å². The van der Waals surface area contributed by atoms with Crippen LogP contribution >= 0.6 is 11.3 Å². The maximum Gasteiger partial charge on any atom is 0.250 e. The number of hydrogen-bond acceptors (Lipinski definition) is 5. The van der Waals surface area contributed by atoms with Crippen LogP contribution in [0.2, 0.25) is 0 Å². The topological polar surface area (TPSA) is 75.7 Å². The molecule has 0 atom stereocenters. The maximum absolute atomic E-state index is 13.5. The summed E-state index contributed by atoms with van der Waals surface area (Å²) in [6, 6.07) is 9.15. The fraction of sp³-hybridized carbons (Fsp3) is 0.389. The summed E-state index contributed by atoms with van der Waals surface area (Å²) >= 11 is 1.18. The van der Waals surface area contributed by atoms with Crippen LogP contribution in [0.1, 0.15) is 19.3 Å². The number of thiophene rings is 1. The van der Waals surface area contributed by atoms with Gasteiger partial charge in [0.15, 0.2) is 11.6 Å². The number of halogens is 1. The van der Waals surface area contributed by atoms with Crippen molar-refractivity contribution in [2.24, 2.45) is 0 Å². The highest BCUT2D eigenvalue weighted by Gasteiger charge is 2.27. The van der Waals surface area contributed by atoms with Gasteiger partial charge in [0.25, 0.3) is 0 Å². The van der Waals surface area contributed by atoms with E-state index in [0.29, 0.717) is 30.1 Å². The minimum atomic E-state index is -3.49. The van der Waals surface area contributed by atoms with E-state index in [1.165, 1.54) is 23.5 Å². The SMILES string of the molecule is O=C(CCOc1ccccc1F)N1CCC(NS(=O)(=O)c2cccs2)CC1. The molecule has 0 bridgehead atoms. The van der Waals surface area contributed by atoms with Crippen LogP contribution in [0.3, 0.4) is 0 Å². The quantitative estimate of drug-likeness (QED) is 0.759. The van der Waals surface area contributed by atoms with Gasteiger partial charge >= 0.3 is 0 Å². The highest BCUT2D eigenvalue weighted by Crippen LogP contribution is 2.19. The van der Waals surface area contributed by atoms with E-state index in [1.54, 1.807) is 34.5 Å². The number of nitrogens with one attached hydrogen (secondary N) is 1. The summed E-state index contributed by atoms with van der Waals surface area (Å²) in [7, 11) is -3.49. The van der Waals surface area contributed by atoms with Crippen LogP contribution in [0, 0.1) is 5.82 Å². The van der Waals surface area contributed by atoms with Crippen molar-refractivity contribution < 1.29 is 22.3 Å². The van der Waals surface area contributed by atoms with Crippen LogP contribution in [0.4, 0.5) is 4.39 Å². The van der Waals surface area contributed by atoms with Gasteiger partial charge in [0, 0.05) is 19.1 Å². The summed E-state index contributed by atoms with van der Waals surface area (Å²) in [5, 5.41) is 1.72. The second-order valence-corrected chi connectivity index (χ2v) is 9.13. The molecule has 6 nitrogen and oxygen atoms in total. The lowest BCUT2D eigenvalue weighted by molar-refractivity contribution is -0.132. The molecular weight excluding hydrogens is 391 g/mol. The van der Waals surface area contributed by atoms with Gasteiger partial charge in [0.05, 0.1) is 13.0 Å². The number of hydrogen-bond donors (Lipinski definition) is 1. The van der Waals surface area contributed by atoms with Gasteiger partial charge in [-0.15, -0.1) is 11.3 Å². The summed E-state index contributed by atoms with van der Waals surface area (Å²) in [6.07, 6.45) is 1.27. The van der Waals surface area contributed by atoms with Crippen molar-refractivity contribution in [1.82, 2.24) is 9.62 Å². The molecule has 1 aliphatic rings. The van der Waals surface area contributed by atoms with Crippen LogP contribution in [0.5, 0.6) is 5.75 Å². The minimum absolute atomic E-state index is 0.0779. The first-order chi connectivity index (χ1) is 13.0. The number of sulfonamides is 1. The second-order valence-electron chi connectivity index (χ2n) is 6.24. The second kappa shape index (κ2) is 8.81. The van der Waals surface area contributed by atoms with Gasteiger partial charge in [-0.1, -0.05) is 18.2 Å². The normalized spacial score (nSPS) is 15.7. The predicted octanol–water partition coefficient (Wildman–Crippen LogP) is 2.63. The Labute approximate surface area is 162 Å². The number of para-hydroxylation sites is 1. The molecule has 2 heterocycles. The first-order valence-corrected chi connectivity index (χ1v) is 11.0. The van der Waals surface area contributed by atoms with Gasteiger partial charge < -0.3 is 9.64 Å². The molecule has 1 aliphatic heterocycles. The van der Waals surface area contributed by atoms with Crippen molar-refractivity contribution in [1.29, 1.82) is 0 Å². The van der Waals surface area contributed by atoms with E-state index in [-0.39, 0.29) is 30.7 Å². The largest absolute Gasteiger partial charge is 0.490 e. The lowest BCUT2D eigenvalue weighted by atomic mass is 10.1. The van der Waals surface area contributed by atoms with Crippen molar-refractivity contribution in [3.63, 3.8) is 0 Å². The molecular formula is C18H21FN2O4S2. The van der Waals surface area contributed by atoms with Crippen molar-refractivity contribution >= 4 is 27.3 Å². The number of amides is 1. The number of benzene rings is 1. The lowest BCUT2D eigenvalue weighted by Crippen LogP contribution is -2.46. The van der Waals surface area contributed by atoms with E-state index < -0.39 is 15.8 Å². The maximum atomic E-state index is 13.5. The van der Waals surface area contributed by atoms with E-state index in [9.17, 15) is 17.6 Å². The molecule has 2 aromatic rings. The fourth-order valence-electron chi connectivity index (χ4n) is 2.91. The zero-order valence-electron chi connectivity index (χ0n) is 14.6. The Kier molecular flexibility index (Phi) is 6.46. The summed E-state index contributed by atoms with van der Waals surface area (Å²) in [4.78, 5) is 14.0. The number of nitrogens with zero attached hydrogens (tertiary/aromatic N) is 1. The van der Waals surface area contributed by atoms with Crippen molar-refractivity contribution in [3.05, 3.63) is 47.6 Å². The monoisotopic (exact) mass is 412 g/mol. The zero-order chi connectivity index (χ0) is 19.3. The first-order valence-electron chi connectivity index (χ1n) is 8.66. The molecule has 0 unspecified atom stereocenters. The third-order valence-corrected chi connectivity index (χ3v) is 7.26. The molecule has 1 amide bonds. The number of piperidine rings is 1. The number of ether oxygens (including phenoxy) is 1. The first kappa shape index (κ1) is 19.8. The zero-order valence-corrected chi connectivity index (χ0v) is 16.3. The van der Waals surface area contributed by atoms with Gasteiger partial charge in [-0.25, -0.2) is 17.5 Å². The fourth-order valence-corrected chi connectivity index (χ4v) is 5.22. The van der Waals surface area contributed by atoms with Crippen LogP contribution in [0.25, 0.3) is 0 Å². The highest BCUT2D eigenvalue weighted by molar-refractivity contribution is 7.91. The minimum Gasteiger partial charge on any atom is -0.490 e. The van der Waals surface area contributed by atoms with Gasteiger partial charge in [-0.2, -0.15) is 0 Å². The van der Waals surface area contributed by atoms with Gasteiger partial charge in [-0.3, -0.25) is 4.79 Å². The molecule has 0 aliphatic carbocycles. The van der Waals surface area contributed by atoms with Crippen molar-refractivity contribution in [3.8, 4) is 5.75 Å². The van der Waals surface area contributed by atoms with E-state index in [1.807, 2.05) is 0 Å². The van der Waals surface area contributed by atoms with E-state index in [4.69, 9.17) is 4.74 Å². The molecule has 1 aromatic carbocycles. The van der Waals surface area contributed by atoms with Crippen LogP contribution in [0.15, 0.2) is 46.0 Å². The average molecular weight is 413 g/mol. The molecule has 1 saturated heterocycles. The summed E-state index contributed by atoms with van der Waals surface area (Å²) in [5.74, 6) is -0.401. The van der Waals surface area contributed by atoms with Gasteiger partial charge in [0.1, 0.15) is 4.21 Å². The standard InChI is InChI=1S/C18H21FN2O4S2/c19-15-4-1-2-5-16(15)25-12-9-17(22)21-10-7-14(8-11-21)20-27(23,24)18-6-3-13-26-18/h1-6,13-14,20H,7-12H2. The Morgan fingerprint density at radius 2 is 1.96 bits per heavy atom. The van der Waals surface area contributed by atoms with Crippen LogP contribution < -0.4 is 9.46 Å². The third-order valence-electron chi connectivity index (χ3n) is 4.34. The Bertz CT molecular complexity index is 863. The van der Waals surface area contributed by atoms with E-state index in [0.717, 1.165) is 0 Å². The molecule has 1 fully saturated rings. The Balaban J connectivity index is 1.42. The molecule has 0 radical (unpaired) electrons. The molecule has 0 spiro atoms. The molecule has 1 N–H and O–H groups in total. The smallest absolute Gasteiger partial charge is 0.250 e. The number of likely N-dealkylation sites (tertiary alicyclic amines) is 1. The van der Waals surface area contributed by atoms with Crippen LogP contribution in [-0.2, 0) is 14.8 Å². The molecule has 0 saturated carbocycles. The summed E-state index contributed by atoms with van der Waals surface area (Å²) < 4.78 is 46.3. The Hall–Kier alpha value is -1.97. The Morgan fingerprint density at radius 1 is 1.22 bits per heavy atom. The van der Waals surface area contributed by atoms with Gasteiger partial charge in [-0.05, 0) is 36.4 Å². The van der Waals surface area contributed by atoms with Gasteiger partial charge in [0.2, 0.25) is 15.9 Å². The van der Waals surface area contributed by atoms with Crippen molar-refractivity contribution in [2.75, 3.05) is 19.7 Å². The molecule has 27 heavy (non-hydrogen) atoms. The highest BCUT2D eigenvalue weighted by atomic mass is 32.2. The summed E-state index contributed by atoms with van der Waals surface area (Å²) in [5.41, 5.74) is 0. The number of rotatable bonds is 7. The summed E-state index contributed by atoms with van der Waals surface area (Å²) in [6.45, 7) is 1.07.